The SMILES string of the molecule is Cl.N[C@@H](c1ccsc1)c1c(F)cccc1Cl. The molecule has 86 valence electrons. The van der Waals surface area contributed by atoms with Crippen molar-refractivity contribution in [3.8, 4) is 0 Å². The highest BCUT2D eigenvalue weighted by molar-refractivity contribution is 7.08. The molecule has 0 spiro atoms. The predicted octanol–water partition coefficient (Wildman–Crippen LogP) is 4.01. The molecule has 1 aromatic heterocycles. The van der Waals surface area contributed by atoms with Crippen LogP contribution in [0.1, 0.15) is 17.2 Å². The first-order valence-corrected chi connectivity index (χ1v) is 5.74. The Hall–Kier alpha value is -0.610. The van der Waals surface area contributed by atoms with Crippen molar-refractivity contribution in [3.63, 3.8) is 0 Å². The van der Waals surface area contributed by atoms with Crippen LogP contribution in [0.25, 0.3) is 0 Å². The number of halogens is 3. The number of benzene rings is 1. The number of hydrogen-bond acceptors (Lipinski definition) is 2. The van der Waals surface area contributed by atoms with Crippen LogP contribution in [0.5, 0.6) is 0 Å². The van der Waals surface area contributed by atoms with E-state index in [2.05, 4.69) is 0 Å². The molecule has 16 heavy (non-hydrogen) atoms. The number of thiophene rings is 1. The van der Waals surface area contributed by atoms with Gasteiger partial charge in [0.2, 0.25) is 0 Å². The van der Waals surface area contributed by atoms with Gasteiger partial charge in [-0.15, -0.1) is 12.4 Å². The summed E-state index contributed by atoms with van der Waals surface area (Å²) in [5.74, 6) is -0.360. The second kappa shape index (κ2) is 5.64. The minimum absolute atomic E-state index is 0. The third-order valence-electron chi connectivity index (χ3n) is 2.21. The van der Waals surface area contributed by atoms with Gasteiger partial charge in [-0.25, -0.2) is 4.39 Å². The molecule has 0 fully saturated rings. The molecule has 0 saturated carbocycles. The Morgan fingerprint density at radius 3 is 2.62 bits per heavy atom. The van der Waals surface area contributed by atoms with Gasteiger partial charge in [-0.2, -0.15) is 11.3 Å². The average Bonchev–Trinajstić information content (AvgIpc) is 2.69. The van der Waals surface area contributed by atoms with Gasteiger partial charge in [-0.1, -0.05) is 17.7 Å². The second-order valence-electron chi connectivity index (χ2n) is 3.17. The van der Waals surface area contributed by atoms with Gasteiger partial charge < -0.3 is 5.73 Å². The predicted molar refractivity (Wildman–Crippen MR) is 69.0 cm³/mol. The Balaban J connectivity index is 0.00000128. The summed E-state index contributed by atoms with van der Waals surface area (Å²) in [7, 11) is 0. The van der Waals surface area contributed by atoms with Gasteiger partial charge in [0, 0.05) is 10.6 Å². The molecule has 5 heteroatoms. The van der Waals surface area contributed by atoms with E-state index in [1.54, 1.807) is 12.1 Å². The van der Waals surface area contributed by atoms with E-state index in [4.69, 9.17) is 17.3 Å². The maximum absolute atomic E-state index is 13.5. The summed E-state index contributed by atoms with van der Waals surface area (Å²) < 4.78 is 13.5. The zero-order valence-corrected chi connectivity index (χ0v) is 10.6. The first-order chi connectivity index (χ1) is 7.20. The Bertz CT molecular complexity index is 439. The molecule has 0 radical (unpaired) electrons. The van der Waals surface area contributed by atoms with Crippen molar-refractivity contribution in [3.05, 3.63) is 57.0 Å². The molecule has 1 heterocycles. The molecule has 0 bridgehead atoms. The van der Waals surface area contributed by atoms with Crippen molar-refractivity contribution in [2.75, 3.05) is 0 Å². The minimum atomic E-state index is -0.495. The minimum Gasteiger partial charge on any atom is -0.320 e. The second-order valence-corrected chi connectivity index (χ2v) is 4.36. The average molecular weight is 278 g/mol. The third kappa shape index (κ3) is 2.55. The van der Waals surface area contributed by atoms with Crippen molar-refractivity contribution in [2.45, 2.75) is 6.04 Å². The molecule has 2 aromatic rings. The molecule has 2 N–H and O–H groups in total. The maximum atomic E-state index is 13.5. The topological polar surface area (TPSA) is 26.0 Å². The smallest absolute Gasteiger partial charge is 0.129 e. The lowest BCUT2D eigenvalue weighted by Crippen LogP contribution is -2.13. The fraction of sp³-hybridized carbons (Fsp3) is 0.0909. The Morgan fingerprint density at radius 2 is 2.06 bits per heavy atom. The number of hydrogen-bond donors (Lipinski definition) is 1. The van der Waals surface area contributed by atoms with E-state index in [1.807, 2.05) is 16.8 Å². The van der Waals surface area contributed by atoms with E-state index in [9.17, 15) is 4.39 Å². The Kier molecular flexibility index (Phi) is 4.74. The molecule has 2 rings (SSSR count). The van der Waals surface area contributed by atoms with Crippen LogP contribution in [0, 0.1) is 5.82 Å². The summed E-state index contributed by atoms with van der Waals surface area (Å²) in [6, 6.07) is 5.96. The third-order valence-corrected chi connectivity index (χ3v) is 3.24. The van der Waals surface area contributed by atoms with Crippen LogP contribution in [-0.2, 0) is 0 Å². The van der Waals surface area contributed by atoms with Crippen molar-refractivity contribution in [1.29, 1.82) is 0 Å². The summed E-state index contributed by atoms with van der Waals surface area (Å²) in [5, 5.41) is 4.17. The van der Waals surface area contributed by atoms with E-state index < -0.39 is 6.04 Å². The zero-order valence-electron chi connectivity index (χ0n) is 8.19. The van der Waals surface area contributed by atoms with E-state index in [0.29, 0.717) is 10.6 Å². The fourth-order valence-electron chi connectivity index (χ4n) is 1.43. The highest BCUT2D eigenvalue weighted by atomic mass is 35.5. The highest BCUT2D eigenvalue weighted by Gasteiger charge is 2.16. The lowest BCUT2D eigenvalue weighted by molar-refractivity contribution is 0.600. The van der Waals surface area contributed by atoms with Crippen LogP contribution in [0.15, 0.2) is 35.0 Å². The van der Waals surface area contributed by atoms with Gasteiger partial charge in [0.05, 0.1) is 6.04 Å². The summed E-state index contributed by atoms with van der Waals surface area (Å²) in [6.45, 7) is 0. The first kappa shape index (κ1) is 13.5. The fourth-order valence-corrected chi connectivity index (χ4v) is 2.40. The quantitative estimate of drug-likeness (QED) is 0.882. The van der Waals surface area contributed by atoms with Gasteiger partial charge >= 0.3 is 0 Å². The molecular weight excluding hydrogens is 268 g/mol. The van der Waals surface area contributed by atoms with Crippen molar-refractivity contribution >= 4 is 35.3 Å². The normalized spacial score (nSPS) is 11.9. The molecule has 0 unspecified atom stereocenters. The van der Waals surface area contributed by atoms with E-state index in [-0.39, 0.29) is 18.2 Å². The molecule has 1 atom stereocenters. The van der Waals surface area contributed by atoms with Gasteiger partial charge in [0.15, 0.2) is 0 Å². The Labute approximate surface area is 108 Å². The number of rotatable bonds is 2. The highest BCUT2D eigenvalue weighted by Crippen LogP contribution is 2.29. The van der Waals surface area contributed by atoms with Crippen LogP contribution < -0.4 is 5.73 Å². The maximum Gasteiger partial charge on any atom is 0.129 e. The zero-order chi connectivity index (χ0) is 10.8. The first-order valence-electron chi connectivity index (χ1n) is 4.41. The van der Waals surface area contributed by atoms with Gasteiger partial charge in [0.25, 0.3) is 0 Å². The van der Waals surface area contributed by atoms with Crippen LogP contribution in [0.4, 0.5) is 4.39 Å². The van der Waals surface area contributed by atoms with E-state index in [0.717, 1.165) is 5.56 Å². The van der Waals surface area contributed by atoms with Gasteiger partial charge in [-0.05, 0) is 34.5 Å². The van der Waals surface area contributed by atoms with Crippen LogP contribution in [0.3, 0.4) is 0 Å². The lowest BCUT2D eigenvalue weighted by Gasteiger charge is -2.13. The largest absolute Gasteiger partial charge is 0.320 e. The van der Waals surface area contributed by atoms with Crippen molar-refractivity contribution in [1.82, 2.24) is 0 Å². The van der Waals surface area contributed by atoms with E-state index in [1.165, 1.54) is 17.4 Å². The molecule has 0 aliphatic heterocycles. The molecule has 1 nitrogen and oxygen atoms in total. The van der Waals surface area contributed by atoms with Crippen LogP contribution in [0.2, 0.25) is 5.02 Å². The van der Waals surface area contributed by atoms with E-state index >= 15 is 0 Å². The van der Waals surface area contributed by atoms with Gasteiger partial charge in [0.1, 0.15) is 5.82 Å². The van der Waals surface area contributed by atoms with Gasteiger partial charge in [-0.3, -0.25) is 0 Å². The van der Waals surface area contributed by atoms with Crippen LogP contribution in [-0.4, -0.2) is 0 Å². The monoisotopic (exact) mass is 277 g/mol. The lowest BCUT2D eigenvalue weighted by atomic mass is 10.0. The summed E-state index contributed by atoms with van der Waals surface area (Å²) >= 11 is 7.45. The summed E-state index contributed by atoms with van der Waals surface area (Å²) in [5.41, 5.74) is 7.18. The molecule has 0 amide bonds. The molecule has 0 aliphatic carbocycles. The Morgan fingerprint density at radius 1 is 1.31 bits per heavy atom. The number of nitrogens with two attached hydrogens (primary N) is 1. The molecule has 0 aliphatic rings. The summed E-state index contributed by atoms with van der Waals surface area (Å²) in [6.07, 6.45) is 0. The molecule has 1 aromatic carbocycles. The van der Waals surface area contributed by atoms with Crippen LogP contribution >= 0.6 is 35.3 Å². The summed E-state index contributed by atoms with van der Waals surface area (Å²) in [4.78, 5) is 0. The molecular formula is C11H10Cl2FNS. The molecule has 0 saturated heterocycles. The standard InChI is InChI=1S/C11H9ClFNS.ClH/c12-8-2-1-3-9(13)10(8)11(14)7-4-5-15-6-7;/h1-6,11H,14H2;1H/t11-;/m0./s1. The van der Waals surface area contributed by atoms with Crippen molar-refractivity contribution < 1.29 is 4.39 Å². The van der Waals surface area contributed by atoms with Crippen molar-refractivity contribution in [2.24, 2.45) is 5.73 Å².